The van der Waals surface area contributed by atoms with Crippen LogP contribution in [0.5, 0.6) is 0 Å². The second-order valence-corrected chi connectivity index (χ2v) is 6.48. The molecule has 0 spiro atoms. The summed E-state index contributed by atoms with van der Waals surface area (Å²) in [5, 5.41) is 0. The summed E-state index contributed by atoms with van der Waals surface area (Å²) >= 11 is 0. The summed E-state index contributed by atoms with van der Waals surface area (Å²) in [7, 11) is 2.21. The van der Waals surface area contributed by atoms with E-state index < -0.39 is 0 Å². The number of piperidine rings is 1. The molecule has 122 valence electrons. The van der Waals surface area contributed by atoms with E-state index in [4.69, 9.17) is 5.73 Å². The number of hydrogen-bond donors (Lipinski definition) is 1. The summed E-state index contributed by atoms with van der Waals surface area (Å²) in [4.78, 5) is 16.9. The van der Waals surface area contributed by atoms with E-state index in [2.05, 4.69) is 18.9 Å². The van der Waals surface area contributed by atoms with Gasteiger partial charge in [0.1, 0.15) is 0 Å². The molecule has 1 fully saturated rings. The molecule has 0 bridgehead atoms. The van der Waals surface area contributed by atoms with Gasteiger partial charge in [0.15, 0.2) is 0 Å². The van der Waals surface area contributed by atoms with Crippen molar-refractivity contribution in [2.75, 3.05) is 39.0 Å². The maximum Gasteiger partial charge on any atom is 0.253 e. The van der Waals surface area contributed by atoms with Crippen LogP contribution in [0.15, 0.2) is 24.3 Å². The Balaban J connectivity index is 1.80. The van der Waals surface area contributed by atoms with E-state index in [0.29, 0.717) is 17.2 Å². The number of likely N-dealkylation sites (tertiary alicyclic amines) is 1. The van der Waals surface area contributed by atoms with Crippen molar-refractivity contribution in [1.82, 2.24) is 9.80 Å². The smallest absolute Gasteiger partial charge is 0.253 e. The van der Waals surface area contributed by atoms with E-state index in [1.165, 1.54) is 19.4 Å². The second kappa shape index (κ2) is 8.18. The van der Waals surface area contributed by atoms with Gasteiger partial charge in [-0.1, -0.05) is 19.4 Å². The molecule has 0 saturated carbocycles. The number of hydrogen-bond acceptors (Lipinski definition) is 3. The van der Waals surface area contributed by atoms with Crippen molar-refractivity contribution in [3.8, 4) is 0 Å². The molecule has 0 aliphatic carbocycles. The Kier molecular flexibility index (Phi) is 6.25. The Bertz CT molecular complexity index is 481. The minimum atomic E-state index is 0.116. The van der Waals surface area contributed by atoms with Crippen LogP contribution in [0.25, 0.3) is 0 Å². The van der Waals surface area contributed by atoms with E-state index in [9.17, 15) is 4.79 Å². The molecule has 1 aliphatic heterocycles. The first kappa shape index (κ1) is 16.8. The molecule has 4 heteroatoms. The Morgan fingerprint density at radius 2 is 2.09 bits per heavy atom. The summed E-state index contributed by atoms with van der Waals surface area (Å²) in [6, 6.07) is 7.28. The highest BCUT2D eigenvalue weighted by Gasteiger charge is 2.24. The summed E-state index contributed by atoms with van der Waals surface area (Å²) < 4.78 is 0. The molecule has 4 nitrogen and oxygen atoms in total. The van der Waals surface area contributed by atoms with Crippen LogP contribution in [0, 0.1) is 5.92 Å². The van der Waals surface area contributed by atoms with Gasteiger partial charge in [-0.05, 0) is 57.0 Å². The molecule has 0 aromatic heterocycles. The van der Waals surface area contributed by atoms with Gasteiger partial charge in [-0.25, -0.2) is 0 Å². The molecule has 1 heterocycles. The molecule has 0 atom stereocenters. The Labute approximate surface area is 134 Å². The van der Waals surface area contributed by atoms with E-state index in [-0.39, 0.29) is 5.91 Å². The van der Waals surface area contributed by atoms with Crippen LogP contribution >= 0.6 is 0 Å². The minimum Gasteiger partial charge on any atom is -0.399 e. The van der Waals surface area contributed by atoms with Crippen LogP contribution in [0.2, 0.25) is 0 Å². The monoisotopic (exact) mass is 303 g/mol. The maximum atomic E-state index is 12.5. The van der Waals surface area contributed by atoms with Crippen LogP contribution in [-0.4, -0.2) is 48.9 Å². The predicted octanol–water partition coefficient (Wildman–Crippen LogP) is 2.85. The van der Waals surface area contributed by atoms with Crippen molar-refractivity contribution in [2.45, 2.75) is 32.6 Å². The normalized spacial score (nSPS) is 16.2. The van der Waals surface area contributed by atoms with Gasteiger partial charge in [0.05, 0.1) is 0 Å². The molecule has 1 amide bonds. The zero-order chi connectivity index (χ0) is 15.9. The standard InChI is InChI=1S/C18H29N3O/c1-3-4-10-20(2)14-15-8-11-21(12-9-15)18(22)16-6-5-7-17(19)13-16/h5-7,13,15H,3-4,8-12,14,19H2,1-2H3. The topological polar surface area (TPSA) is 49.6 Å². The van der Waals surface area contributed by atoms with Crippen LogP contribution < -0.4 is 5.73 Å². The van der Waals surface area contributed by atoms with Crippen LogP contribution in [0.4, 0.5) is 5.69 Å². The molecule has 2 rings (SSSR count). The zero-order valence-corrected chi connectivity index (χ0v) is 13.9. The maximum absolute atomic E-state index is 12.5. The third-order valence-electron chi connectivity index (χ3n) is 4.50. The number of amides is 1. The SMILES string of the molecule is CCCCN(C)CC1CCN(C(=O)c2cccc(N)c2)CC1. The molecule has 1 aromatic carbocycles. The zero-order valence-electron chi connectivity index (χ0n) is 13.9. The van der Waals surface area contributed by atoms with Crippen molar-refractivity contribution in [2.24, 2.45) is 5.92 Å². The van der Waals surface area contributed by atoms with Gasteiger partial charge in [0, 0.05) is 30.9 Å². The van der Waals surface area contributed by atoms with E-state index in [1.807, 2.05) is 23.1 Å². The van der Waals surface area contributed by atoms with Gasteiger partial charge in [-0.2, -0.15) is 0 Å². The summed E-state index contributed by atoms with van der Waals surface area (Å²) in [5.74, 6) is 0.830. The number of anilines is 1. The predicted molar refractivity (Wildman–Crippen MR) is 91.9 cm³/mol. The molecule has 22 heavy (non-hydrogen) atoms. The molecular formula is C18H29N3O. The quantitative estimate of drug-likeness (QED) is 0.822. The van der Waals surface area contributed by atoms with Crippen LogP contribution in [0.1, 0.15) is 43.0 Å². The lowest BCUT2D eigenvalue weighted by Gasteiger charge is -2.34. The number of unbranched alkanes of at least 4 members (excludes halogenated alkanes) is 1. The second-order valence-electron chi connectivity index (χ2n) is 6.48. The number of nitrogen functional groups attached to an aromatic ring is 1. The highest BCUT2D eigenvalue weighted by atomic mass is 16.2. The molecule has 2 N–H and O–H groups in total. The molecule has 0 unspecified atom stereocenters. The lowest BCUT2D eigenvalue weighted by Crippen LogP contribution is -2.41. The van der Waals surface area contributed by atoms with Gasteiger partial charge in [-0.3, -0.25) is 4.79 Å². The van der Waals surface area contributed by atoms with E-state index in [1.54, 1.807) is 6.07 Å². The number of carbonyl (C=O) groups is 1. The first-order valence-electron chi connectivity index (χ1n) is 8.43. The average Bonchev–Trinajstić information content (AvgIpc) is 2.53. The molecule has 1 saturated heterocycles. The van der Waals surface area contributed by atoms with E-state index >= 15 is 0 Å². The fraction of sp³-hybridized carbons (Fsp3) is 0.611. The first-order valence-corrected chi connectivity index (χ1v) is 8.43. The Hall–Kier alpha value is -1.55. The Morgan fingerprint density at radius 1 is 1.36 bits per heavy atom. The first-order chi connectivity index (χ1) is 10.6. The lowest BCUT2D eigenvalue weighted by atomic mass is 9.95. The van der Waals surface area contributed by atoms with Gasteiger partial charge in [-0.15, -0.1) is 0 Å². The summed E-state index contributed by atoms with van der Waals surface area (Å²) in [5.41, 5.74) is 7.12. The van der Waals surface area contributed by atoms with Crippen molar-refractivity contribution in [3.05, 3.63) is 29.8 Å². The third kappa shape index (κ3) is 4.73. The van der Waals surface area contributed by atoms with E-state index in [0.717, 1.165) is 32.5 Å². The highest BCUT2D eigenvalue weighted by Crippen LogP contribution is 2.20. The average molecular weight is 303 g/mol. The molecular weight excluding hydrogens is 274 g/mol. The molecule has 1 aliphatic rings. The molecule has 1 aromatic rings. The number of benzene rings is 1. The van der Waals surface area contributed by atoms with Gasteiger partial charge in [0.2, 0.25) is 0 Å². The lowest BCUT2D eigenvalue weighted by molar-refractivity contribution is 0.0673. The van der Waals surface area contributed by atoms with Gasteiger partial charge < -0.3 is 15.5 Å². The van der Waals surface area contributed by atoms with Crippen molar-refractivity contribution < 1.29 is 4.79 Å². The van der Waals surface area contributed by atoms with Crippen molar-refractivity contribution in [3.63, 3.8) is 0 Å². The number of rotatable bonds is 6. The number of nitrogens with zero attached hydrogens (tertiary/aromatic N) is 2. The minimum absolute atomic E-state index is 0.116. The third-order valence-corrected chi connectivity index (χ3v) is 4.50. The molecule has 0 radical (unpaired) electrons. The van der Waals surface area contributed by atoms with Crippen molar-refractivity contribution >= 4 is 11.6 Å². The summed E-state index contributed by atoms with van der Waals surface area (Å²) in [6.45, 7) is 6.29. The largest absolute Gasteiger partial charge is 0.399 e. The van der Waals surface area contributed by atoms with Crippen LogP contribution in [0.3, 0.4) is 0 Å². The van der Waals surface area contributed by atoms with Crippen molar-refractivity contribution in [1.29, 1.82) is 0 Å². The van der Waals surface area contributed by atoms with Gasteiger partial charge in [0.25, 0.3) is 5.91 Å². The Morgan fingerprint density at radius 3 is 2.73 bits per heavy atom. The highest BCUT2D eigenvalue weighted by molar-refractivity contribution is 5.95. The van der Waals surface area contributed by atoms with Gasteiger partial charge >= 0.3 is 0 Å². The fourth-order valence-corrected chi connectivity index (χ4v) is 3.13. The fourth-order valence-electron chi connectivity index (χ4n) is 3.13. The number of nitrogens with two attached hydrogens (primary N) is 1. The van der Waals surface area contributed by atoms with Crippen LogP contribution in [-0.2, 0) is 0 Å². The number of carbonyl (C=O) groups excluding carboxylic acids is 1. The summed E-state index contributed by atoms with van der Waals surface area (Å²) in [6.07, 6.45) is 4.72.